The van der Waals surface area contributed by atoms with Crippen molar-refractivity contribution in [3.8, 4) is 0 Å². The predicted octanol–water partition coefficient (Wildman–Crippen LogP) is 4.53. The van der Waals surface area contributed by atoms with Gasteiger partial charge in [0.15, 0.2) is 0 Å². The molecule has 1 aliphatic heterocycles. The largest absolute Gasteiger partial charge is 0.391 e. The van der Waals surface area contributed by atoms with Crippen molar-refractivity contribution >= 4 is 11.8 Å². The molecule has 39 heavy (non-hydrogen) atoms. The average molecular weight is 545 g/mol. The Balaban J connectivity index is 1.46. The van der Waals surface area contributed by atoms with Gasteiger partial charge in [-0.05, 0) is 73.7 Å². The van der Waals surface area contributed by atoms with E-state index in [0.29, 0.717) is 23.2 Å². The highest BCUT2D eigenvalue weighted by Crippen LogP contribution is 2.40. The Labute approximate surface area is 222 Å². The molecule has 206 valence electrons. The second kappa shape index (κ2) is 11.4. The molecular weight excluding hydrogens is 516 g/mol. The van der Waals surface area contributed by atoms with Crippen LogP contribution in [0.1, 0.15) is 63.6 Å². The lowest BCUT2D eigenvalue weighted by molar-refractivity contribution is -0.153. The molecule has 11 heteroatoms. The Morgan fingerprint density at radius 3 is 2.54 bits per heavy atom. The van der Waals surface area contributed by atoms with Gasteiger partial charge in [-0.1, -0.05) is 18.2 Å². The number of benzene rings is 2. The highest BCUT2D eigenvalue weighted by atomic mass is 19.4. The van der Waals surface area contributed by atoms with Crippen LogP contribution in [0.25, 0.3) is 0 Å². The molecule has 2 atom stereocenters. The first-order valence-electron chi connectivity index (χ1n) is 12.5. The van der Waals surface area contributed by atoms with Gasteiger partial charge in [0.2, 0.25) is 5.91 Å². The van der Waals surface area contributed by atoms with Crippen molar-refractivity contribution < 1.29 is 27.2 Å². The van der Waals surface area contributed by atoms with Crippen molar-refractivity contribution in [2.75, 3.05) is 6.54 Å². The summed E-state index contributed by atoms with van der Waals surface area (Å²) in [5, 5.41) is 8.80. The second-order valence-electron chi connectivity index (χ2n) is 9.79. The number of H-pyrrole nitrogens is 1. The number of rotatable bonds is 7. The standard InChI is InChI=1S/C28H28F4N4O3/c1-16-10-20(7-6-18(16)12-21-11-17(2)34-35-27(21)39)26(38)33-15-25(37)36-23(14-28(30,31)32)8-9-24(36)19-4-3-5-22(29)13-19/h3-7,10-11,13,23-24H,8-9,12,14-15H2,1-2H3,(H,33,38)(H,35,39)/t23-,24+/m1/s1. The number of carbonyl (C=O) groups excluding carboxylic acids is 2. The smallest absolute Gasteiger partial charge is 0.343 e. The summed E-state index contributed by atoms with van der Waals surface area (Å²) in [6, 6.07) is 10.2. The van der Waals surface area contributed by atoms with Gasteiger partial charge in [0.05, 0.1) is 24.7 Å². The zero-order valence-corrected chi connectivity index (χ0v) is 21.4. The third-order valence-corrected chi connectivity index (χ3v) is 6.89. The first-order chi connectivity index (χ1) is 18.4. The lowest BCUT2D eigenvalue weighted by Gasteiger charge is -2.31. The first kappa shape index (κ1) is 28.0. The molecule has 0 radical (unpaired) electrons. The van der Waals surface area contributed by atoms with Gasteiger partial charge < -0.3 is 10.2 Å². The molecule has 2 heterocycles. The number of aryl methyl sites for hydroxylation is 2. The molecule has 2 aromatic carbocycles. The van der Waals surface area contributed by atoms with Crippen LogP contribution in [-0.2, 0) is 11.2 Å². The minimum atomic E-state index is -4.48. The van der Waals surface area contributed by atoms with Gasteiger partial charge in [-0.15, -0.1) is 0 Å². The van der Waals surface area contributed by atoms with E-state index in [1.54, 1.807) is 44.2 Å². The zero-order chi connectivity index (χ0) is 28.3. The molecular formula is C28H28F4N4O3. The lowest BCUT2D eigenvalue weighted by Crippen LogP contribution is -2.45. The predicted molar refractivity (Wildman–Crippen MR) is 136 cm³/mol. The molecule has 0 aliphatic carbocycles. The van der Waals surface area contributed by atoms with Gasteiger partial charge in [-0.2, -0.15) is 18.3 Å². The SMILES string of the molecule is Cc1cc(Cc2ccc(C(=O)NCC(=O)N3[C@@H](CC(F)(F)F)CC[C@H]3c3cccc(F)c3)cc2C)c(=O)[nH]n1. The van der Waals surface area contributed by atoms with E-state index in [2.05, 4.69) is 15.5 Å². The molecule has 0 bridgehead atoms. The van der Waals surface area contributed by atoms with Gasteiger partial charge in [0.25, 0.3) is 11.5 Å². The van der Waals surface area contributed by atoms with Crippen LogP contribution in [0.4, 0.5) is 17.6 Å². The van der Waals surface area contributed by atoms with Crippen LogP contribution in [-0.4, -0.2) is 45.7 Å². The van der Waals surface area contributed by atoms with Crippen molar-refractivity contribution in [3.05, 3.63) is 98.2 Å². The summed E-state index contributed by atoms with van der Waals surface area (Å²) in [5.41, 5.74) is 3.14. The quantitative estimate of drug-likeness (QED) is 0.428. The fourth-order valence-electron chi connectivity index (χ4n) is 5.05. The molecule has 0 unspecified atom stereocenters. The van der Waals surface area contributed by atoms with Crippen LogP contribution in [0.5, 0.6) is 0 Å². The summed E-state index contributed by atoms with van der Waals surface area (Å²) in [7, 11) is 0. The van der Waals surface area contributed by atoms with Crippen molar-refractivity contribution in [1.82, 2.24) is 20.4 Å². The van der Waals surface area contributed by atoms with E-state index in [1.165, 1.54) is 18.2 Å². The number of likely N-dealkylation sites (tertiary alicyclic amines) is 1. The number of hydrogen-bond acceptors (Lipinski definition) is 4. The van der Waals surface area contributed by atoms with Gasteiger partial charge in [-0.3, -0.25) is 14.4 Å². The number of aromatic nitrogens is 2. The monoisotopic (exact) mass is 544 g/mol. The normalized spacial score (nSPS) is 17.3. The molecule has 1 aliphatic rings. The van der Waals surface area contributed by atoms with Crippen LogP contribution < -0.4 is 10.9 Å². The summed E-state index contributed by atoms with van der Waals surface area (Å²) in [4.78, 5) is 39.1. The second-order valence-corrected chi connectivity index (χ2v) is 9.79. The summed E-state index contributed by atoms with van der Waals surface area (Å²) >= 11 is 0. The van der Waals surface area contributed by atoms with Crippen LogP contribution in [0, 0.1) is 19.7 Å². The summed E-state index contributed by atoms with van der Waals surface area (Å²) < 4.78 is 53.5. The zero-order valence-electron chi connectivity index (χ0n) is 21.4. The molecule has 4 rings (SSSR count). The topological polar surface area (TPSA) is 95.2 Å². The number of nitrogens with one attached hydrogen (secondary N) is 2. The van der Waals surface area contributed by atoms with Crippen molar-refractivity contribution in [2.45, 2.75) is 57.8 Å². The van der Waals surface area contributed by atoms with Crippen molar-refractivity contribution in [3.63, 3.8) is 0 Å². The molecule has 0 spiro atoms. The van der Waals surface area contributed by atoms with E-state index in [-0.39, 0.29) is 24.0 Å². The van der Waals surface area contributed by atoms with E-state index in [4.69, 9.17) is 0 Å². The average Bonchev–Trinajstić information content (AvgIpc) is 3.27. The minimum absolute atomic E-state index is 0.112. The fraction of sp³-hybridized carbons (Fsp3) is 0.357. The van der Waals surface area contributed by atoms with Crippen LogP contribution >= 0.6 is 0 Å². The Hall–Kier alpha value is -4.02. The number of halogens is 4. The van der Waals surface area contributed by atoms with E-state index in [9.17, 15) is 31.9 Å². The maximum absolute atomic E-state index is 13.8. The number of aromatic amines is 1. The van der Waals surface area contributed by atoms with Crippen molar-refractivity contribution in [2.24, 2.45) is 0 Å². The highest BCUT2D eigenvalue weighted by Gasteiger charge is 2.43. The number of amides is 2. The fourth-order valence-corrected chi connectivity index (χ4v) is 5.05. The van der Waals surface area contributed by atoms with E-state index >= 15 is 0 Å². The highest BCUT2D eigenvalue weighted by molar-refractivity contribution is 5.96. The van der Waals surface area contributed by atoms with Gasteiger partial charge in [0, 0.05) is 23.6 Å². The van der Waals surface area contributed by atoms with Crippen LogP contribution in [0.3, 0.4) is 0 Å². The molecule has 3 aromatic rings. The first-order valence-corrected chi connectivity index (χ1v) is 12.5. The third kappa shape index (κ3) is 6.90. The Morgan fingerprint density at radius 1 is 1.08 bits per heavy atom. The Kier molecular flexibility index (Phi) is 8.17. The van der Waals surface area contributed by atoms with Gasteiger partial charge >= 0.3 is 6.18 Å². The maximum Gasteiger partial charge on any atom is 0.391 e. The molecule has 2 N–H and O–H groups in total. The lowest BCUT2D eigenvalue weighted by atomic mass is 9.99. The maximum atomic E-state index is 13.8. The van der Waals surface area contributed by atoms with Gasteiger partial charge in [0.1, 0.15) is 5.82 Å². The number of hydrogen-bond donors (Lipinski definition) is 2. The third-order valence-electron chi connectivity index (χ3n) is 6.89. The Bertz CT molecular complexity index is 1440. The molecule has 1 saturated heterocycles. The molecule has 0 saturated carbocycles. The molecule has 2 amide bonds. The summed E-state index contributed by atoms with van der Waals surface area (Å²) in [6.07, 6.45) is -4.96. The molecule has 1 fully saturated rings. The van der Waals surface area contributed by atoms with Crippen LogP contribution in [0.15, 0.2) is 53.3 Å². The van der Waals surface area contributed by atoms with Crippen LogP contribution in [0.2, 0.25) is 0 Å². The van der Waals surface area contributed by atoms with E-state index < -0.39 is 48.9 Å². The molecule has 1 aromatic heterocycles. The summed E-state index contributed by atoms with van der Waals surface area (Å²) in [5.74, 6) is -1.79. The van der Waals surface area contributed by atoms with E-state index in [0.717, 1.165) is 16.0 Å². The minimum Gasteiger partial charge on any atom is -0.343 e. The summed E-state index contributed by atoms with van der Waals surface area (Å²) in [6.45, 7) is 3.04. The van der Waals surface area contributed by atoms with E-state index in [1.807, 2.05) is 0 Å². The van der Waals surface area contributed by atoms with Crippen molar-refractivity contribution in [1.29, 1.82) is 0 Å². The number of nitrogens with zero attached hydrogens (tertiary/aromatic N) is 2. The van der Waals surface area contributed by atoms with Gasteiger partial charge in [-0.25, -0.2) is 9.49 Å². The number of carbonyl (C=O) groups is 2. The Morgan fingerprint density at radius 2 is 1.85 bits per heavy atom. The molecule has 7 nitrogen and oxygen atoms in total. The number of alkyl halides is 3.